The Morgan fingerprint density at radius 1 is 0.652 bits per heavy atom. The van der Waals surface area contributed by atoms with Gasteiger partial charge in [0, 0.05) is 38.3 Å². The Labute approximate surface area is 287 Å². The van der Waals surface area contributed by atoms with Crippen LogP contribution in [0.2, 0.25) is 10.0 Å². The third-order valence-electron chi connectivity index (χ3n) is 7.72. The molecule has 8 N–H and O–H groups in total. The number of aliphatic hydroxyl groups is 2. The number of halogens is 2. The van der Waals surface area contributed by atoms with Crippen LogP contribution in [0.1, 0.15) is 51.4 Å². The van der Waals surface area contributed by atoms with Crippen LogP contribution < -0.4 is 22.1 Å². The van der Waals surface area contributed by atoms with E-state index in [-0.39, 0.29) is 30.1 Å². The van der Waals surface area contributed by atoms with Gasteiger partial charge in [0.25, 0.3) is 0 Å². The summed E-state index contributed by atoms with van der Waals surface area (Å²) in [4.78, 5) is 20.7. The molecule has 14 heteroatoms. The van der Waals surface area contributed by atoms with E-state index in [2.05, 4.69) is 30.6 Å². The van der Waals surface area contributed by atoms with Crippen molar-refractivity contribution in [3.63, 3.8) is 0 Å². The van der Waals surface area contributed by atoms with E-state index in [4.69, 9.17) is 34.7 Å². The van der Waals surface area contributed by atoms with Gasteiger partial charge >= 0.3 is 0 Å². The molecule has 0 aliphatic heterocycles. The van der Waals surface area contributed by atoms with Gasteiger partial charge in [-0.05, 0) is 87.1 Å². The largest absolute Gasteiger partial charge is 0.393 e. The second-order valence-corrected chi connectivity index (χ2v) is 14.4. The number of hydrogen-bond acceptors (Lipinski definition) is 12. The second-order valence-electron chi connectivity index (χ2n) is 11.2. The summed E-state index contributed by atoms with van der Waals surface area (Å²) in [5.41, 5.74) is 11.5. The zero-order valence-electron chi connectivity index (χ0n) is 25.2. The van der Waals surface area contributed by atoms with E-state index in [1.54, 1.807) is 24.2 Å². The van der Waals surface area contributed by atoms with Crippen molar-refractivity contribution in [2.24, 2.45) is 0 Å². The van der Waals surface area contributed by atoms with Gasteiger partial charge in [0.15, 0.2) is 0 Å². The predicted molar refractivity (Wildman–Crippen MR) is 188 cm³/mol. The summed E-state index contributed by atoms with van der Waals surface area (Å²) >= 11 is 15.0. The molecule has 2 aliphatic carbocycles. The molecule has 6 rings (SSSR count). The van der Waals surface area contributed by atoms with E-state index in [1.165, 1.54) is 11.8 Å². The highest BCUT2D eigenvalue weighted by molar-refractivity contribution is 7.99. The molecule has 2 aliphatic rings. The molecule has 2 aromatic heterocycles. The minimum atomic E-state index is -0.353. The first kappa shape index (κ1) is 34.3. The Balaban J connectivity index is 0.000000181. The maximum absolute atomic E-state index is 10.2. The van der Waals surface area contributed by atoms with Crippen LogP contribution in [0.3, 0.4) is 0 Å². The smallest absolute Gasteiger partial charge is 0.221 e. The van der Waals surface area contributed by atoms with E-state index in [0.29, 0.717) is 21.9 Å². The molecule has 2 aromatic carbocycles. The molecule has 0 radical (unpaired) electrons. The molecule has 2 unspecified atom stereocenters. The van der Waals surface area contributed by atoms with Gasteiger partial charge in [-0.3, -0.25) is 0 Å². The van der Waals surface area contributed by atoms with E-state index in [9.17, 15) is 10.2 Å². The highest BCUT2D eigenvalue weighted by Crippen LogP contribution is 2.35. The molecule has 4 aromatic rings. The average molecular weight is 702 g/mol. The normalized spacial score (nSPS) is 21.1. The summed E-state index contributed by atoms with van der Waals surface area (Å²) in [7, 11) is 0. The second kappa shape index (κ2) is 16.7. The Morgan fingerprint density at radius 2 is 1.13 bits per heavy atom. The minimum Gasteiger partial charge on any atom is -0.393 e. The number of nitrogens with zero attached hydrogens (tertiary/aromatic N) is 4. The number of rotatable bonds is 8. The number of benzene rings is 2. The van der Waals surface area contributed by atoms with Crippen LogP contribution in [0.25, 0.3) is 0 Å². The highest BCUT2D eigenvalue weighted by atomic mass is 35.5. The molecule has 0 amide bonds. The van der Waals surface area contributed by atoms with Gasteiger partial charge in [-0.1, -0.05) is 59.6 Å². The van der Waals surface area contributed by atoms with Gasteiger partial charge in [-0.25, -0.2) is 9.97 Å². The third-order valence-corrected chi connectivity index (χ3v) is 10.3. The van der Waals surface area contributed by atoms with Crippen molar-refractivity contribution in [3.05, 3.63) is 71.0 Å². The van der Waals surface area contributed by atoms with E-state index in [0.717, 1.165) is 76.8 Å². The monoisotopic (exact) mass is 700 g/mol. The standard InChI is InChI=1S/2C16H19ClN4OS/c17-10-1-7-13(8-2-10)23-14-9-19-16(18)21-15(14)20-11-3-5-12(22)6-4-11;17-10-5-7-11(8-6-10)23-14-9-19-16(18)21-15(14)20-12-3-1-2-4-13(12)22/h1-2,7-9,11-12,22H,3-6H2,(H3,18,19,20,21);5-9,12-13,22H,1-4H2,(H3,18,19,20,21). The Kier molecular flexibility index (Phi) is 12.5. The minimum absolute atomic E-state index is 0.00242. The molecule has 2 atom stereocenters. The molecule has 0 bridgehead atoms. The van der Waals surface area contributed by atoms with Crippen molar-refractivity contribution >= 4 is 70.3 Å². The van der Waals surface area contributed by atoms with Gasteiger partial charge in [0.2, 0.25) is 11.9 Å². The van der Waals surface area contributed by atoms with Crippen LogP contribution in [0.4, 0.5) is 23.5 Å². The average Bonchev–Trinajstić information content (AvgIpc) is 3.04. The molecule has 0 spiro atoms. The molecular weight excluding hydrogens is 663 g/mol. The number of aliphatic hydroxyl groups excluding tert-OH is 2. The molecule has 244 valence electrons. The number of hydrogen-bond donors (Lipinski definition) is 6. The first-order chi connectivity index (χ1) is 22.2. The van der Waals surface area contributed by atoms with Gasteiger partial charge in [0.05, 0.1) is 28.0 Å². The number of aromatic nitrogens is 4. The lowest BCUT2D eigenvalue weighted by atomic mass is 9.93. The van der Waals surface area contributed by atoms with E-state index >= 15 is 0 Å². The molecule has 2 fully saturated rings. The zero-order valence-corrected chi connectivity index (χ0v) is 28.3. The van der Waals surface area contributed by atoms with Crippen LogP contribution in [-0.2, 0) is 0 Å². The summed E-state index contributed by atoms with van der Waals surface area (Å²) in [5, 5.41) is 28.0. The number of nitrogens with two attached hydrogens (primary N) is 2. The first-order valence-electron chi connectivity index (χ1n) is 15.2. The molecule has 2 heterocycles. The van der Waals surface area contributed by atoms with Crippen LogP contribution in [-0.4, -0.2) is 54.4 Å². The van der Waals surface area contributed by atoms with Gasteiger partial charge in [-0.15, -0.1) is 0 Å². The highest BCUT2D eigenvalue weighted by Gasteiger charge is 2.24. The molecule has 46 heavy (non-hydrogen) atoms. The lowest BCUT2D eigenvalue weighted by molar-refractivity contribution is 0.116. The fraction of sp³-hybridized carbons (Fsp3) is 0.375. The van der Waals surface area contributed by atoms with Crippen molar-refractivity contribution in [2.75, 3.05) is 22.1 Å². The molecule has 10 nitrogen and oxygen atoms in total. The summed E-state index contributed by atoms with van der Waals surface area (Å²) in [6.07, 6.45) is 10.3. The summed E-state index contributed by atoms with van der Waals surface area (Å²) in [6.45, 7) is 0. The predicted octanol–water partition coefficient (Wildman–Crippen LogP) is 7.16. The molecule has 0 saturated heterocycles. The van der Waals surface area contributed by atoms with Crippen molar-refractivity contribution in [1.29, 1.82) is 0 Å². The van der Waals surface area contributed by atoms with Crippen molar-refractivity contribution in [1.82, 2.24) is 19.9 Å². The number of nitrogen functional groups attached to an aromatic ring is 2. The topological polar surface area (TPSA) is 168 Å². The first-order valence-corrected chi connectivity index (χ1v) is 17.6. The SMILES string of the molecule is Nc1ncc(Sc2ccc(Cl)cc2)c(NC2CCC(O)CC2)n1.Nc1ncc(Sc2ccc(Cl)cc2)c(NC2CCCCC2O)n1. The quantitative estimate of drug-likeness (QED) is 0.110. The maximum atomic E-state index is 10.2. The van der Waals surface area contributed by atoms with Crippen LogP contribution in [0.15, 0.2) is 80.5 Å². The van der Waals surface area contributed by atoms with Crippen molar-refractivity contribution in [2.45, 2.75) is 95.2 Å². The summed E-state index contributed by atoms with van der Waals surface area (Å²) < 4.78 is 0. The molecule has 2 saturated carbocycles. The Morgan fingerprint density at radius 3 is 1.63 bits per heavy atom. The number of anilines is 4. The van der Waals surface area contributed by atoms with E-state index in [1.807, 2.05) is 48.5 Å². The lowest BCUT2D eigenvalue weighted by Crippen LogP contribution is -2.36. The fourth-order valence-electron chi connectivity index (χ4n) is 5.25. The van der Waals surface area contributed by atoms with E-state index < -0.39 is 0 Å². The zero-order chi connectivity index (χ0) is 32.5. The lowest BCUT2D eigenvalue weighted by Gasteiger charge is -2.29. The van der Waals surface area contributed by atoms with Gasteiger partial charge in [0.1, 0.15) is 11.6 Å². The third kappa shape index (κ3) is 10.2. The Bertz CT molecular complexity index is 1560. The van der Waals surface area contributed by atoms with Crippen molar-refractivity contribution < 1.29 is 10.2 Å². The molecular formula is C32H38Cl2N8O2S2. The van der Waals surface area contributed by atoms with Crippen LogP contribution in [0.5, 0.6) is 0 Å². The van der Waals surface area contributed by atoms with Gasteiger partial charge < -0.3 is 32.3 Å². The van der Waals surface area contributed by atoms with Gasteiger partial charge in [-0.2, -0.15) is 9.97 Å². The Hall–Kier alpha value is -3.00. The van der Waals surface area contributed by atoms with Crippen molar-refractivity contribution in [3.8, 4) is 0 Å². The fourth-order valence-corrected chi connectivity index (χ4v) is 7.17. The van der Waals surface area contributed by atoms with Crippen LogP contribution in [0, 0.1) is 0 Å². The number of nitrogens with one attached hydrogen (secondary N) is 2. The summed E-state index contributed by atoms with van der Waals surface area (Å²) in [6, 6.07) is 15.5. The maximum Gasteiger partial charge on any atom is 0.221 e. The van der Waals surface area contributed by atoms with Crippen LogP contribution >= 0.6 is 46.7 Å². The summed E-state index contributed by atoms with van der Waals surface area (Å²) in [5.74, 6) is 1.89.